The first-order valence-electron chi connectivity index (χ1n) is 3.97. The number of halogens is 5. The van der Waals surface area contributed by atoms with E-state index in [9.17, 15) is 22.0 Å². The Morgan fingerprint density at radius 1 is 1.15 bits per heavy atom. The first-order valence-corrected chi connectivity index (χ1v) is 3.97. The molecule has 1 aliphatic rings. The molecule has 0 N–H and O–H groups in total. The summed E-state index contributed by atoms with van der Waals surface area (Å²) >= 11 is 0. The molecule has 1 rings (SSSR count). The van der Waals surface area contributed by atoms with Crippen LogP contribution in [0.15, 0.2) is 0 Å². The summed E-state index contributed by atoms with van der Waals surface area (Å²) < 4.78 is 62.0. The molecule has 2 atom stereocenters. The molecule has 0 amide bonds. The minimum atomic E-state index is -4.53. The Bertz CT molecular complexity index is 201. The molecule has 0 aromatic heterocycles. The lowest BCUT2D eigenvalue weighted by atomic mass is 9.99. The van der Waals surface area contributed by atoms with Gasteiger partial charge in [0.05, 0.1) is 5.92 Å². The monoisotopic (exact) mass is 202 g/mol. The minimum absolute atomic E-state index is 0.813. The zero-order valence-corrected chi connectivity index (χ0v) is 7.54. The first kappa shape index (κ1) is 10.7. The smallest absolute Gasteiger partial charge is 0.206 e. The van der Waals surface area contributed by atoms with E-state index in [4.69, 9.17) is 0 Å². The fourth-order valence-electron chi connectivity index (χ4n) is 1.82. The Balaban J connectivity index is 2.80. The van der Waals surface area contributed by atoms with Crippen LogP contribution in [0.3, 0.4) is 0 Å². The molecule has 78 valence electrons. The van der Waals surface area contributed by atoms with Crippen LogP contribution in [0.1, 0.15) is 20.8 Å². The van der Waals surface area contributed by atoms with Gasteiger partial charge in [0.1, 0.15) is 0 Å². The van der Waals surface area contributed by atoms with E-state index in [-0.39, 0.29) is 0 Å². The number of hydrogen-bond donors (Lipinski definition) is 0. The summed E-state index contributed by atoms with van der Waals surface area (Å²) in [5.74, 6) is -6.68. The summed E-state index contributed by atoms with van der Waals surface area (Å²) in [5.41, 5.74) is -1.51. The zero-order valence-electron chi connectivity index (χ0n) is 7.54. The summed E-state index contributed by atoms with van der Waals surface area (Å²) in [7, 11) is 0. The standard InChI is InChI=1S/C8H11F5/c1-4(8(11,12)13)5-6(2,3)7(5,9)10/h4-5H,1-3H3/t4-,5?/m0/s1. The van der Waals surface area contributed by atoms with Gasteiger partial charge in [-0.2, -0.15) is 13.2 Å². The second-order valence-corrected chi connectivity index (χ2v) is 4.15. The van der Waals surface area contributed by atoms with Crippen LogP contribution >= 0.6 is 0 Å². The van der Waals surface area contributed by atoms with Crippen molar-refractivity contribution in [2.45, 2.75) is 32.9 Å². The van der Waals surface area contributed by atoms with Gasteiger partial charge in [0.2, 0.25) is 0 Å². The van der Waals surface area contributed by atoms with E-state index in [0.717, 1.165) is 6.92 Å². The summed E-state index contributed by atoms with van der Waals surface area (Å²) in [4.78, 5) is 0. The predicted molar refractivity (Wildman–Crippen MR) is 37.4 cm³/mol. The summed E-state index contributed by atoms with van der Waals surface area (Å²) in [6.45, 7) is 3.15. The van der Waals surface area contributed by atoms with Crippen LogP contribution in [0.2, 0.25) is 0 Å². The lowest BCUT2D eigenvalue weighted by molar-refractivity contribution is -0.182. The molecule has 0 radical (unpaired) electrons. The quantitative estimate of drug-likeness (QED) is 0.571. The molecule has 0 heterocycles. The number of rotatable bonds is 1. The Morgan fingerprint density at radius 2 is 1.46 bits per heavy atom. The minimum Gasteiger partial charge on any atom is -0.206 e. The lowest BCUT2D eigenvalue weighted by Gasteiger charge is -2.15. The molecule has 1 saturated carbocycles. The first-order chi connectivity index (χ1) is 5.53. The van der Waals surface area contributed by atoms with E-state index in [1.54, 1.807) is 0 Å². The number of hydrogen-bond acceptors (Lipinski definition) is 0. The van der Waals surface area contributed by atoms with Gasteiger partial charge in [-0.15, -0.1) is 0 Å². The molecule has 0 spiro atoms. The summed E-state index contributed by atoms with van der Waals surface area (Å²) in [6, 6.07) is 0. The van der Waals surface area contributed by atoms with E-state index in [1.807, 2.05) is 0 Å². The van der Waals surface area contributed by atoms with Crippen LogP contribution in [0.5, 0.6) is 0 Å². The normalized spacial score (nSPS) is 32.8. The molecule has 0 aromatic carbocycles. The highest BCUT2D eigenvalue weighted by molar-refractivity contribution is 5.15. The predicted octanol–water partition coefficient (Wildman–Crippen LogP) is 3.48. The van der Waals surface area contributed by atoms with Crippen molar-refractivity contribution in [3.05, 3.63) is 0 Å². The molecule has 1 aliphatic carbocycles. The van der Waals surface area contributed by atoms with Crippen LogP contribution in [0.25, 0.3) is 0 Å². The Labute approximate surface area is 73.1 Å². The Kier molecular flexibility index (Phi) is 1.95. The third-order valence-corrected chi connectivity index (χ3v) is 2.96. The van der Waals surface area contributed by atoms with Gasteiger partial charge < -0.3 is 0 Å². The van der Waals surface area contributed by atoms with Crippen LogP contribution in [-0.4, -0.2) is 12.1 Å². The molecule has 13 heavy (non-hydrogen) atoms. The van der Waals surface area contributed by atoms with Crippen LogP contribution in [0, 0.1) is 17.3 Å². The molecule has 0 saturated heterocycles. The maximum absolute atomic E-state index is 12.9. The molecule has 1 unspecified atom stereocenters. The average Bonchev–Trinajstić information content (AvgIpc) is 2.21. The summed E-state index contributed by atoms with van der Waals surface area (Å²) in [5, 5.41) is 0. The van der Waals surface area contributed by atoms with E-state index < -0.39 is 29.3 Å². The maximum atomic E-state index is 12.9. The van der Waals surface area contributed by atoms with Crippen LogP contribution in [-0.2, 0) is 0 Å². The second-order valence-electron chi connectivity index (χ2n) is 4.15. The Hall–Kier alpha value is -0.350. The molecule has 0 aromatic rings. The topological polar surface area (TPSA) is 0 Å². The van der Waals surface area contributed by atoms with Crippen molar-refractivity contribution in [1.29, 1.82) is 0 Å². The largest absolute Gasteiger partial charge is 0.392 e. The maximum Gasteiger partial charge on any atom is 0.392 e. The second kappa shape index (κ2) is 2.36. The van der Waals surface area contributed by atoms with E-state index in [1.165, 1.54) is 13.8 Å². The van der Waals surface area contributed by atoms with Gasteiger partial charge in [-0.3, -0.25) is 0 Å². The average molecular weight is 202 g/mol. The molecular formula is C8H11F5. The van der Waals surface area contributed by atoms with Crippen LogP contribution < -0.4 is 0 Å². The number of alkyl halides is 5. The van der Waals surface area contributed by atoms with Crippen molar-refractivity contribution in [2.75, 3.05) is 0 Å². The van der Waals surface area contributed by atoms with Gasteiger partial charge >= 0.3 is 6.18 Å². The summed E-state index contributed by atoms with van der Waals surface area (Å²) in [6.07, 6.45) is -4.53. The molecular weight excluding hydrogens is 191 g/mol. The third-order valence-electron chi connectivity index (χ3n) is 2.96. The highest BCUT2D eigenvalue weighted by Gasteiger charge is 2.79. The molecule has 5 heteroatoms. The SMILES string of the molecule is C[C@@H](C1C(C)(C)C1(F)F)C(F)(F)F. The van der Waals surface area contributed by atoms with Gasteiger partial charge in [0.25, 0.3) is 5.92 Å². The van der Waals surface area contributed by atoms with E-state index in [2.05, 4.69) is 0 Å². The van der Waals surface area contributed by atoms with Gasteiger partial charge in [-0.25, -0.2) is 8.78 Å². The highest BCUT2D eigenvalue weighted by Crippen LogP contribution is 2.70. The molecule has 1 fully saturated rings. The van der Waals surface area contributed by atoms with E-state index >= 15 is 0 Å². The van der Waals surface area contributed by atoms with Crippen molar-refractivity contribution in [3.8, 4) is 0 Å². The van der Waals surface area contributed by atoms with Crippen molar-refractivity contribution in [1.82, 2.24) is 0 Å². The van der Waals surface area contributed by atoms with Crippen molar-refractivity contribution in [2.24, 2.45) is 17.3 Å². The molecule has 0 bridgehead atoms. The van der Waals surface area contributed by atoms with Crippen molar-refractivity contribution < 1.29 is 22.0 Å². The fourth-order valence-corrected chi connectivity index (χ4v) is 1.82. The third kappa shape index (κ3) is 1.32. The van der Waals surface area contributed by atoms with Gasteiger partial charge in [-0.05, 0) is 0 Å². The van der Waals surface area contributed by atoms with Gasteiger partial charge in [0.15, 0.2) is 0 Å². The van der Waals surface area contributed by atoms with Crippen molar-refractivity contribution >= 4 is 0 Å². The zero-order chi connectivity index (χ0) is 10.7. The van der Waals surface area contributed by atoms with Crippen LogP contribution in [0.4, 0.5) is 22.0 Å². The molecule has 0 nitrogen and oxygen atoms in total. The van der Waals surface area contributed by atoms with Crippen molar-refractivity contribution in [3.63, 3.8) is 0 Å². The van der Waals surface area contributed by atoms with Gasteiger partial charge in [-0.1, -0.05) is 20.8 Å². The molecule has 0 aliphatic heterocycles. The van der Waals surface area contributed by atoms with Gasteiger partial charge in [0, 0.05) is 11.3 Å². The highest BCUT2D eigenvalue weighted by atomic mass is 19.4. The fraction of sp³-hybridized carbons (Fsp3) is 1.00. The van der Waals surface area contributed by atoms with E-state index in [0.29, 0.717) is 0 Å². The Morgan fingerprint density at radius 3 is 1.54 bits per heavy atom. The lowest BCUT2D eigenvalue weighted by Crippen LogP contribution is -2.24.